The molecule has 6 heteroatoms. The zero-order valence-electron chi connectivity index (χ0n) is 18.9. The smallest absolute Gasteiger partial charge is 0.307 e. The molecule has 2 fully saturated rings. The first kappa shape index (κ1) is 22.6. The molecule has 5 nitrogen and oxygen atoms in total. The van der Waals surface area contributed by atoms with Crippen LogP contribution < -0.4 is 0 Å². The van der Waals surface area contributed by atoms with Crippen LogP contribution in [0, 0.1) is 5.92 Å². The van der Waals surface area contributed by atoms with Gasteiger partial charge < -0.3 is 9.64 Å². The molecule has 0 saturated carbocycles. The van der Waals surface area contributed by atoms with Crippen molar-refractivity contribution in [1.29, 1.82) is 0 Å². The maximum Gasteiger partial charge on any atom is 0.307 e. The molecule has 174 valence electrons. The molecule has 0 spiro atoms. The van der Waals surface area contributed by atoms with Gasteiger partial charge in [-0.25, -0.2) is 0 Å². The Morgan fingerprint density at radius 2 is 1.50 bits per heavy atom. The number of hydrogen-bond donors (Lipinski definition) is 0. The number of benzene rings is 3. The molecule has 5 rings (SSSR count). The molecule has 0 aliphatic carbocycles. The molecule has 0 bridgehead atoms. The van der Waals surface area contributed by atoms with Gasteiger partial charge in [-0.15, -0.1) is 0 Å². The highest BCUT2D eigenvalue weighted by atomic mass is 35.5. The normalized spacial score (nSPS) is 20.9. The van der Waals surface area contributed by atoms with Crippen molar-refractivity contribution in [3.63, 3.8) is 0 Å². The van der Waals surface area contributed by atoms with Gasteiger partial charge in [-0.1, -0.05) is 78.3 Å². The Hall–Kier alpha value is -3.15. The molecule has 0 N–H and O–H groups in total. The number of hydrogen-bond acceptors (Lipinski definition) is 4. The van der Waals surface area contributed by atoms with Gasteiger partial charge in [0.15, 0.2) is 0 Å². The molecule has 34 heavy (non-hydrogen) atoms. The number of halogens is 1. The highest BCUT2D eigenvalue weighted by molar-refractivity contribution is 6.30. The van der Waals surface area contributed by atoms with Crippen LogP contribution in [0.2, 0.25) is 5.02 Å². The minimum Gasteiger partial charge on any atom is -0.457 e. The largest absolute Gasteiger partial charge is 0.457 e. The zero-order chi connectivity index (χ0) is 23.5. The van der Waals surface area contributed by atoms with Crippen molar-refractivity contribution >= 4 is 23.5 Å². The Bertz CT molecular complexity index is 1140. The van der Waals surface area contributed by atoms with E-state index in [9.17, 15) is 9.59 Å². The predicted molar refractivity (Wildman–Crippen MR) is 132 cm³/mol. The average Bonchev–Trinajstić information content (AvgIpc) is 3.27. The van der Waals surface area contributed by atoms with E-state index >= 15 is 0 Å². The van der Waals surface area contributed by atoms with E-state index in [2.05, 4.69) is 53.4 Å². The van der Waals surface area contributed by atoms with Crippen molar-refractivity contribution < 1.29 is 14.3 Å². The first-order valence-electron chi connectivity index (χ1n) is 11.7. The second kappa shape index (κ2) is 10.00. The molecular weight excluding hydrogens is 448 g/mol. The third kappa shape index (κ3) is 5.01. The van der Waals surface area contributed by atoms with E-state index in [1.54, 1.807) is 12.1 Å². The SMILES string of the molecule is O=C1C[C@H](C(=O)N2CCN(Cc3ccc(-c4ccccc4)cc3)CC2)C(c2ccc(Cl)cc2)O1. The van der Waals surface area contributed by atoms with E-state index in [4.69, 9.17) is 16.3 Å². The Balaban J connectivity index is 1.17. The Morgan fingerprint density at radius 1 is 0.853 bits per heavy atom. The minimum absolute atomic E-state index is 0.00216. The van der Waals surface area contributed by atoms with Crippen LogP contribution in [-0.2, 0) is 20.9 Å². The molecule has 0 radical (unpaired) electrons. The lowest BCUT2D eigenvalue weighted by Gasteiger charge is -2.36. The topological polar surface area (TPSA) is 49.9 Å². The number of piperazine rings is 1. The van der Waals surface area contributed by atoms with Gasteiger partial charge in [0.25, 0.3) is 0 Å². The Morgan fingerprint density at radius 3 is 2.18 bits per heavy atom. The second-order valence-electron chi connectivity index (χ2n) is 8.94. The molecule has 2 atom stereocenters. The van der Waals surface area contributed by atoms with Gasteiger partial charge in [0.05, 0.1) is 12.3 Å². The molecule has 2 heterocycles. The number of rotatable bonds is 5. The van der Waals surface area contributed by atoms with Gasteiger partial charge in [-0.2, -0.15) is 0 Å². The van der Waals surface area contributed by atoms with E-state index in [0.717, 1.165) is 25.2 Å². The average molecular weight is 475 g/mol. The van der Waals surface area contributed by atoms with Crippen molar-refractivity contribution in [3.8, 4) is 11.1 Å². The Labute approximate surface area is 204 Å². The molecule has 0 aromatic heterocycles. The highest BCUT2D eigenvalue weighted by Crippen LogP contribution is 2.37. The van der Waals surface area contributed by atoms with Gasteiger partial charge >= 0.3 is 5.97 Å². The van der Waals surface area contributed by atoms with Crippen molar-refractivity contribution in [2.24, 2.45) is 5.92 Å². The van der Waals surface area contributed by atoms with Crippen LogP contribution in [0.4, 0.5) is 0 Å². The summed E-state index contributed by atoms with van der Waals surface area (Å²) in [6.45, 7) is 3.77. The van der Waals surface area contributed by atoms with Crippen molar-refractivity contribution in [3.05, 3.63) is 95.0 Å². The number of carbonyl (C=O) groups is 2. The first-order chi connectivity index (χ1) is 16.6. The fourth-order valence-corrected chi connectivity index (χ4v) is 4.91. The van der Waals surface area contributed by atoms with Crippen LogP contribution in [0.3, 0.4) is 0 Å². The lowest BCUT2D eigenvalue weighted by atomic mass is 9.93. The van der Waals surface area contributed by atoms with E-state index in [0.29, 0.717) is 18.1 Å². The van der Waals surface area contributed by atoms with Crippen molar-refractivity contribution in [2.75, 3.05) is 26.2 Å². The molecule has 2 saturated heterocycles. The molecular formula is C28H27ClN2O3. The predicted octanol–water partition coefficient (Wildman–Crippen LogP) is 4.96. The second-order valence-corrected chi connectivity index (χ2v) is 9.37. The van der Waals surface area contributed by atoms with Crippen LogP contribution in [0.5, 0.6) is 0 Å². The highest BCUT2D eigenvalue weighted by Gasteiger charge is 2.43. The molecule has 2 aliphatic rings. The minimum atomic E-state index is -0.543. The summed E-state index contributed by atoms with van der Waals surface area (Å²) < 4.78 is 5.51. The van der Waals surface area contributed by atoms with E-state index in [-0.39, 0.29) is 18.3 Å². The summed E-state index contributed by atoms with van der Waals surface area (Å²) in [5.74, 6) is -0.806. The van der Waals surface area contributed by atoms with E-state index < -0.39 is 12.0 Å². The maximum absolute atomic E-state index is 13.3. The summed E-state index contributed by atoms with van der Waals surface area (Å²) in [5.41, 5.74) is 4.50. The maximum atomic E-state index is 13.3. The van der Waals surface area contributed by atoms with E-state index in [1.165, 1.54) is 16.7 Å². The standard InChI is InChI=1S/C28H27ClN2O3/c29-24-12-10-23(11-13-24)27-25(18-26(32)34-27)28(33)31-16-14-30(15-17-31)19-20-6-8-22(9-7-20)21-4-2-1-3-5-21/h1-13,25,27H,14-19H2/t25-,27?/m0/s1. The van der Waals surface area contributed by atoms with Crippen LogP contribution in [0.15, 0.2) is 78.9 Å². The third-order valence-electron chi connectivity index (χ3n) is 6.68. The molecule has 2 aliphatic heterocycles. The van der Waals surface area contributed by atoms with Crippen LogP contribution in [0.1, 0.15) is 23.7 Å². The number of nitrogens with zero attached hydrogens (tertiary/aromatic N) is 2. The Kier molecular flexibility index (Phi) is 6.66. The molecule has 1 amide bonds. The van der Waals surface area contributed by atoms with Crippen LogP contribution >= 0.6 is 11.6 Å². The molecule has 3 aromatic carbocycles. The number of cyclic esters (lactones) is 1. The van der Waals surface area contributed by atoms with Gasteiger partial charge in [-0.05, 0) is 34.4 Å². The van der Waals surface area contributed by atoms with Gasteiger partial charge in [0.2, 0.25) is 5.91 Å². The number of amides is 1. The first-order valence-corrected chi connectivity index (χ1v) is 12.0. The summed E-state index contributed by atoms with van der Waals surface area (Å²) in [6, 6.07) is 26.2. The summed E-state index contributed by atoms with van der Waals surface area (Å²) in [5, 5.41) is 0.613. The number of ether oxygens (including phenoxy) is 1. The van der Waals surface area contributed by atoms with Crippen LogP contribution in [0.25, 0.3) is 11.1 Å². The third-order valence-corrected chi connectivity index (χ3v) is 6.93. The summed E-state index contributed by atoms with van der Waals surface area (Å²) >= 11 is 5.99. The van der Waals surface area contributed by atoms with Crippen molar-refractivity contribution in [2.45, 2.75) is 19.1 Å². The lowest BCUT2D eigenvalue weighted by molar-refractivity contribution is -0.142. The van der Waals surface area contributed by atoms with E-state index in [1.807, 2.05) is 23.1 Å². The van der Waals surface area contributed by atoms with Gasteiger partial charge in [0.1, 0.15) is 6.10 Å². The number of esters is 1. The molecule has 1 unspecified atom stereocenters. The number of carbonyl (C=O) groups excluding carboxylic acids is 2. The quantitative estimate of drug-likeness (QED) is 0.491. The van der Waals surface area contributed by atoms with Crippen molar-refractivity contribution in [1.82, 2.24) is 9.80 Å². The summed E-state index contributed by atoms with van der Waals surface area (Å²) in [7, 11) is 0. The summed E-state index contributed by atoms with van der Waals surface area (Å²) in [6.07, 6.45) is -0.418. The fourth-order valence-electron chi connectivity index (χ4n) is 4.78. The molecule has 3 aromatic rings. The fraction of sp³-hybridized carbons (Fsp3) is 0.286. The zero-order valence-corrected chi connectivity index (χ0v) is 19.7. The van der Waals surface area contributed by atoms with Gasteiger partial charge in [0, 0.05) is 37.7 Å². The summed E-state index contributed by atoms with van der Waals surface area (Å²) in [4.78, 5) is 29.6. The van der Waals surface area contributed by atoms with Gasteiger partial charge in [-0.3, -0.25) is 14.5 Å². The van der Waals surface area contributed by atoms with Crippen LogP contribution in [-0.4, -0.2) is 47.9 Å². The monoisotopic (exact) mass is 474 g/mol. The lowest BCUT2D eigenvalue weighted by Crippen LogP contribution is -2.50.